The number of hydrogen-bond acceptors (Lipinski definition) is 5. The number of benzene rings is 1. The molecule has 0 spiro atoms. The zero-order valence-electron chi connectivity index (χ0n) is 11.0. The third-order valence-corrected chi connectivity index (χ3v) is 2.83. The van der Waals surface area contributed by atoms with Gasteiger partial charge in [-0.1, -0.05) is 18.2 Å². The Morgan fingerprint density at radius 3 is 2.90 bits per heavy atom. The summed E-state index contributed by atoms with van der Waals surface area (Å²) in [5, 5.41) is 19.5. The molecule has 6 nitrogen and oxygen atoms in total. The van der Waals surface area contributed by atoms with E-state index in [1.165, 1.54) is 12.3 Å². The fourth-order valence-corrected chi connectivity index (χ4v) is 1.86. The molecule has 0 aliphatic heterocycles. The molecule has 2 N–H and O–H groups in total. The molecular weight excluding hydrogens is 258 g/mol. The molecule has 0 aliphatic rings. The molecule has 1 heterocycles. The first-order valence-corrected chi connectivity index (χ1v) is 6.13. The maximum Gasteiger partial charge on any atom is 0.339 e. The first kappa shape index (κ1) is 13.8. The number of carbonyl (C=O) groups is 1. The van der Waals surface area contributed by atoms with E-state index >= 15 is 0 Å². The number of aromatic nitrogens is 2. The molecule has 104 valence electrons. The molecule has 1 aromatic heterocycles. The summed E-state index contributed by atoms with van der Waals surface area (Å²) in [7, 11) is 1.62. The predicted octanol–water partition coefficient (Wildman–Crippen LogP) is 1.84. The van der Waals surface area contributed by atoms with E-state index in [-0.39, 0.29) is 11.4 Å². The molecule has 0 fully saturated rings. The number of rotatable bonds is 6. The van der Waals surface area contributed by atoms with E-state index in [1.54, 1.807) is 7.11 Å². The quantitative estimate of drug-likeness (QED) is 0.835. The van der Waals surface area contributed by atoms with Crippen molar-refractivity contribution in [3.63, 3.8) is 0 Å². The Balaban J connectivity index is 2.01. The lowest BCUT2D eigenvalue weighted by atomic mass is 10.1. The minimum absolute atomic E-state index is 0.111. The fourth-order valence-electron chi connectivity index (χ4n) is 1.86. The number of ether oxygens (including phenoxy) is 1. The van der Waals surface area contributed by atoms with Gasteiger partial charge in [0.1, 0.15) is 11.3 Å². The van der Waals surface area contributed by atoms with Gasteiger partial charge in [-0.25, -0.2) is 4.79 Å². The van der Waals surface area contributed by atoms with Crippen molar-refractivity contribution in [1.29, 1.82) is 0 Å². The van der Waals surface area contributed by atoms with E-state index in [9.17, 15) is 4.79 Å². The lowest BCUT2D eigenvalue weighted by Crippen LogP contribution is -2.12. The number of nitrogens with one attached hydrogen (secondary N) is 1. The number of carboxylic acid groups (broad SMARTS) is 1. The van der Waals surface area contributed by atoms with Crippen molar-refractivity contribution in [1.82, 2.24) is 10.2 Å². The Labute approximate surface area is 116 Å². The summed E-state index contributed by atoms with van der Waals surface area (Å²) in [6, 6.07) is 9.11. The molecule has 2 rings (SSSR count). The standard InChI is InChI=1S/C14H15N3O3/c1-20-12-5-3-2-4-10(12)6-8-15-13-11(14(18)19)7-9-16-17-13/h2-5,7,9H,6,8H2,1H3,(H,15,17)(H,18,19). The lowest BCUT2D eigenvalue weighted by molar-refractivity contribution is 0.0697. The molecule has 0 saturated heterocycles. The summed E-state index contributed by atoms with van der Waals surface area (Å²) < 4.78 is 5.26. The molecule has 1 aromatic carbocycles. The summed E-state index contributed by atoms with van der Waals surface area (Å²) in [6.07, 6.45) is 2.05. The van der Waals surface area contributed by atoms with Crippen LogP contribution in [0.1, 0.15) is 15.9 Å². The van der Waals surface area contributed by atoms with E-state index in [0.717, 1.165) is 11.3 Å². The van der Waals surface area contributed by atoms with Crippen molar-refractivity contribution in [2.24, 2.45) is 0 Å². The van der Waals surface area contributed by atoms with Crippen LogP contribution in [0.15, 0.2) is 36.5 Å². The first-order valence-electron chi connectivity index (χ1n) is 6.13. The molecule has 0 bridgehead atoms. The molecule has 0 unspecified atom stereocenters. The third kappa shape index (κ3) is 3.23. The van der Waals surface area contributed by atoms with Gasteiger partial charge in [0, 0.05) is 6.54 Å². The minimum Gasteiger partial charge on any atom is -0.496 e. The highest BCUT2D eigenvalue weighted by atomic mass is 16.5. The number of carboxylic acids is 1. The zero-order chi connectivity index (χ0) is 14.4. The van der Waals surface area contributed by atoms with Crippen LogP contribution >= 0.6 is 0 Å². The number of para-hydroxylation sites is 1. The molecule has 0 saturated carbocycles. The molecule has 20 heavy (non-hydrogen) atoms. The Morgan fingerprint density at radius 2 is 2.15 bits per heavy atom. The van der Waals surface area contributed by atoms with E-state index in [1.807, 2.05) is 24.3 Å². The van der Waals surface area contributed by atoms with Crippen molar-refractivity contribution in [2.45, 2.75) is 6.42 Å². The Bertz CT molecular complexity index is 602. The number of hydrogen-bond donors (Lipinski definition) is 2. The van der Waals surface area contributed by atoms with Gasteiger partial charge in [0.2, 0.25) is 0 Å². The number of aromatic carboxylic acids is 1. The average Bonchev–Trinajstić information content (AvgIpc) is 2.48. The smallest absolute Gasteiger partial charge is 0.339 e. The van der Waals surface area contributed by atoms with E-state index in [2.05, 4.69) is 15.5 Å². The van der Waals surface area contributed by atoms with Gasteiger partial charge in [-0.2, -0.15) is 5.10 Å². The largest absolute Gasteiger partial charge is 0.496 e. The van der Waals surface area contributed by atoms with Crippen LogP contribution in [0.2, 0.25) is 0 Å². The molecule has 0 atom stereocenters. The van der Waals surface area contributed by atoms with E-state index in [4.69, 9.17) is 9.84 Å². The van der Waals surface area contributed by atoms with Crippen LogP contribution in [0.5, 0.6) is 5.75 Å². The highest BCUT2D eigenvalue weighted by Gasteiger charge is 2.11. The Hall–Kier alpha value is -2.63. The van der Waals surface area contributed by atoms with Crippen LogP contribution in [0.25, 0.3) is 0 Å². The molecule has 0 amide bonds. The van der Waals surface area contributed by atoms with Crippen LogP contribution in [-0.2, 0) is 6.42 Å². The predicted molar refractivity (Wildman–Crippen MR) is 74.2 cm³/mol. The lowest BCUT2D eigenvalue weighted by Gasteiger charge is -2.10. The maximum atomic E-state index is 11.0. The maximum absolute atomic E-state index is 11.0. The van der Waals surface area contributed by atoms with Crippen LogP contribution in [0.4, 0.5) is 5.82 Å². The molecule has 6 heteroatoms. The van der Waals surface area contributed by atoms with Crippen LogP contribution < -0.4 is 10.1 Å². The zero-order valence-corrected chi connectivity index (χ0v) is 11.0. The second-order valence-corrected chi connectivity index (χ2v) is 4.09. The summed E-state index contributed by atoms with van der Waals surface area (Å²) in [4.78, 5) is 11.0. The molecule has 0 radical (unpaired) electrons. The van der Waals surface area contributed by atoms with Gasteiger partial charge >= 0.3 is 5.97 Å². The normalized spacial score (nSPS) is 10.1. The van der Waals surface area contributed by atoms with Gasteiger partial charge in [0.05, 0.1) is 13.3 Å². The monoisotopic (exact) mass is 273 g/mol. The molecule has 0 aliphatic carbocycles. The van der Waals surface area contributed by atoms with Gasteiger partial charge in [-0.05, 0) is 24.1 Å². The SMILES string of the molecule is COc1ccccc1CCNc1nnccc1C(=O)O. The molecule has 2 aromatic rings. The summed E-state index contributed by atoms with van der Waals surface area (Å²) >= 11 is 0. The second-order valence-electron chi connectivity index (χ2n) is 4.09. The topological polar surface area (TPSA) is 84.3 Å². The highest BCUT2D eigenvalue weighted by molar-refractivity contribution is 5.92. The van der Waals surface area contributed by atoms with Crippen LogP contribution in [0.3, 0.4) is 0 Å². The van der Waals surface area contributed by atoms with Gasteiger partial charge in [0.25, 0.3) is 0 Å². The van der Waals surface area contributed by atoms with Crippen molar-refractivity contribution in [2.75, 3.05) is 19.0 Å². The highest BCUT2D eigenvalue weighted by Crippen LogP contribution is 2.18. The van der Waals surface area contributed by atoms with Crippen LogP contribution in [0, 0.1) is 0 Å². The number of anilines is 1. The Kier molecular flexibility index (Phi) is 4.49. The van der Waals surface area contributed by atoms with Crippen molar-refractivity contribution in [3.05, 3.63) is 47.7 Å². The van der Waals surface area contributed by atoms with Crippen molar-refractivity contribution >= 4 is 11.8 Å². The number of nitrogens with zero attached hydrogens (tertiary/aromatic N) is 2. The van der Waals surface area contributed by atoms with Crippen molar-refractivity contribution < 1.29 is 14.6 Å². The van der Waals surface area contributed by atoms with Gasteiger partial charge in [0.15, 0.2) is 5.82 Å². The summed E-state index contributed by atoms with van der Waals surface area (Å²) in [6.45, 7) is 0.541. The Morgan fingerprint density at radius 1 is 1.35 bits per heavy atom. The fraction of sp³-hybridized carbons (Fsp3) is 0.214. The second kappa shape index (κ2) is 6.51. The van der Waals surface area contributed by atoms with Crippen molar-refractivity contribution in [3.8, 4) is 5.75 Å². The van der Waals surface area contributed by atoms with Crippen LogP contribution in [-0.4, -0.2) is 34.9 Å². The van der Waals surface area contributed by atoms with Gasteiger partial charge in [-0.3, -0.25) is 0 Å². The third-order valence-electron chi connectivity index (χ3n) is 2.83. The van der Waals surface area contributed by atoms with E-state index in [0.29, 0.717) is 13.0 Å². The average molecular weight is 273 g/mol. The first-order chi connectivity index (χ1) is 9.72. The summed E-state index contributed by atoms with van der Waals surface area (Å²) in [5.74, 6) is 0.0569. The summed E-state index contributed by atoms with van der Waals surface area (Å²) in [5.41, 5.74) is 1.16. The molecular formula is C14H15N3O3. The minimum atomic E-state index is -1.03. The van der Waals surface area contributed by atoms with E-state index < -0.39 is 5.97 Å². The van der Waals surface area contributed by atoms with Gasteiger partial charge < -0.3 is 15.2 Å². The number of methoxy groups -OCH3 is 1. The van der Waals surface area contributed by atoms with Gasteiger partial charge in [-0.15, -0.1) is 5.10 Å².